The van der Waals surface area contributed by atoms with Gasteiger partial charge in [-0.3, -0.25) is 0 Å². The summed E-state index contributed by atoms with van der Waals surface area (Å²) in [7, 11) is 0. The van der Waals surface area contributed by atoms with Gasteiger partial charge in [0.05, 0.1) is 6.61 Å². The summed E-state index contributed by atoms with van der Waals surface area (Å²) in [5.41, 5.74) is 3.43. The molecule has 4 rings (SSSR count). The lowest BCUT2D eigenvalue weighted by Gasteiger charge is -2.40. The van der Waals surface area contributed by atoms with Crippen LogP contribution in [0.1, 0.15) is 29.2 Å². The maximum Gasteiger partial charge on any atom is 0.122 e. The van der Waals surface area contributed by atoms with Crippen LogP contribution in [-0.2, 0) is 10.5 Å². The minimum atomic E-state index is -0.522. The Kier molecular flexibility index (Phi) is 4.31. The molecule has 120 valence electrons. The van der Waals surface area contributed by atoms with Crippen molar-refractivity contribution in [1.29, 1.82) is 0 Å². The predicted molar refractivity (Wildman–Crippen MR) is 98.3 cm³/mol. The summed E-state index contributed by atoms with van der Waals surface area (Å²) >= 11 is 3.76. The van der Waals surface area contributed by atoms with Crippen LogP contribution in [0.25, 0.3) is 0 Å². The molecule has 2 nitrogen and oxygen atoms in total. The molecule has 1 N–H and O–H groups in total. The van der Waals surface area contributed by atoms with Crippen LogP contribution >= 0.6 is 23.5 Å². The van der Waals surface area contributed by atoms with E-state index in [4.69, 9.17) is 4.74 Å². The lowest BCUT2D eigenvalue weighted by atomic mass is 9.98. The number of rotatable bonds is 3. The number of thioether (sulfide) groups is 2. The topological polar surface area (TPSA) is 29.5 Å². The third-order valence-corrected chi connectivity index (χ3v) is 7.96. The minimum absolute atomic E-state index is 0.312. The fourth-order valence-electron chi connectivity index (χ4n) is 3.30. The molecule has 2 aliphatic heterocycles. The Labute approximate surface area is 145 Å². The van der Waals surface area contributed by atoms with Crippen molar-refractivity contribution in [2.24, 2.45) is 0 Å². The molecule has 4 heteroatoms. The first kappa shape index (κ1) is 15.4. The largest absolute Gasteiger partial charge is 0.493 e. The predicted octanol–water partition coefficient (Wildman–Crippen LogP) is 4.38. The monoisotopic (exact) mass is 344 g/mol. The van der Waals surface area contributed by atoms with E-state index < -0.39 is 6.10 Å². The summed E-state index contributed by atoms with van der Waals surface area (Å²) < 4.78 is 5.28. The van der Waals surface area contributed by atoms with Crippen LogP contribution in [0.4, 0.5) is 0 Å². The standard InChI is InChI=1S/C19H20O2S2/c20-18(15-7-8-17-14(13-15)9-10-21-17)19(22-11-4-12-23-19)16-5-2-1-3-6-16/h1-3,5-8,13,18,20H,4,9-12H2/t18-/m0/s1. The lowest BCUT2D eigenvalue weighted by molar-refractivity contribution is 0.163. The molecule has 0 saturated carbocycles. The Morgan fingerprint density at radius 1 is 1.04 bits per heavy atom. The second kappa shape index (κ2) is 6.42. The normalized spacial score (nSPS) is 20.6. The van der Waals surface area contributed by atoms with Gasteiger partial charge >= 0.3 is 0 Å². The molecule has 2 aromatic carbocycles. The molecule has 1 atom stereocenters. The lowest BCUT2D eigenvalue weighted by Crippen LogP contribution is -2.30. The van der Waals surface area contributed by atoms with Gasteiger partial charge in [-0.05, 0) is 46.7 Å². The van der Waals surface area contributed by atoms with Gasteiger partial charge in [0.25, 0.3) is 0 Å². The average molecular weight is 345 g/mol. The van der Waals surface area contributed by atoms with Crippen molar-refractivity contribution in [2.75, 3.05) is 18.1 Å². The molecule has 0 bridgehead atoms. The second-order valence-corrected chi connectivity index (χ2v) is 8.89. The zero-order chi connectivity index (χ0) is 15.7. The molecule has 23 heavy (non-hydrogen) atoms. The SMILES string of the molecule is O[C@@H](c1ccc2c(c1)CCO2)C1(c2ccccc2)SCCCS1. The van der Waals surface area contributed by atoms with Gasteiger partial charge < -0.3 is 9.84 Å². The summed E-state index contributed by atoms with van der Waals surface area (Å²) in [6, 6.07) is 16.6. The Morgan fingerprint density at radius 3 is 2.61 bits per heavy atom. The number of fused-ring (bicyclic) bond motifs is 1. The summed E-state index contributed by atoms with van der Waals surface area (Å²) in [4.78, 5) is 0. The molecule has 0 aliphatic carbocycles. The first-order valence-corrected chi connectivity index (χ1v) is 10.0. The number of benzene rings is 2. The molecule has 1 fully saturated rings. The highest BCUT2D eigenvalue weighted by Crippen LogP contribution is 2.57. The third kappa shape index (κ3) is 2.77. The highest BCUT2D eigenvalue weighted by atomic mass is 32.2. The molecular weight excluding hydrogens is 324 g/mol. The molecule has 0 unspecified atom stereocenters. The van der Waals surface area contributed by atoms with E-state index in [1.54, 1.807) is 0 Å². The first-order valence-electron chi connectivity index (χ1n) is 8.07. The minimum Gasteiger partial charge on any atom is -0.493 e. The van der Waals surface area contributed by atoms with Crippen LogP contribution in [0.2, 0.25) is 0 Å². The van der Waals surface area contributed by atoms with Crippen molar-refractivity contribution < 1.29 is 9.84 Å². The summed E-state index contributed by atoms with van der Waals surface area (Å²) in [5, 5.41) is 11.3. The Balaban J connectivity index is 1.74. The molecule has 0 spiro atoms. The fourth-order valence-corrected chi connectivity index (χ4v) is 6.69. The second-order valence-electron chi connectivity index (χ2n) is 5.95. The van der Waals surface area contributed by atoms with Crippen LogP contribution in [0, 0.1) is 0 Å². The summed E-state index contributed by atoms with van der Waals surface area (Å²) in [6.45, 7) is 0.752. The van der Waals surface area contributed by atoms with E-state index in [1.807, 2.05) is 41.7 Å². The van der Waals surface area contributed by atoms with Crippen LogP contribution in [-0.4, -0.2) is 23.2 Å². The molecule has 2 heterocycles. The van der Waals surface area contributed by atoms with E-state index in [9.17, 15) is 5.11 Å². The maximum absolute atomic E-state index is 11.3. The zero-order valence-corrected chi connectivity index (χ0v) is 14.5. The van der Waals surface area contributed by atoms with Crippen LogP contribution in [0.15, 0.2) is 48.5 Å². The zero-order valence-electron chi connectivity index (χ0n) is 12.9. The van der Waals surface area contributed by atoms with Gasteiger partial charge in [-0.25, -0.2) is 0 Å². The Bertz CT molecular complexity index is 681. The number of hydrogen-bond donors (Lipinski definition) is 1. The van der Waals surface area contributed by atoms with Gasteiger partial charge in [-0.15, -0.1) is 23.5 Å². The quantitative estimate of drug-likeness (QED) is 0.895. The molecule has 2 aliphatic rings. The molecule has 0 amide bonds. The van der Waals surface area contributed by atoms with Crippen molar-refractivity contribution >= 4 is 23.5 Å². The third-order valence-electron chi connectivity index (χ3n) is 4.49. The maximum atomic E-state index is 11.3. The smallest absolute Gasteiger partial charge is 0.122 e. The van der Waals surface area contributed by atoms with E-state index in [0.717, 1.165) is 35.8 Å². The van der Waals surface area contributed by atoms with Crippen molar-refractivity contribution in [3.63, 3.8) is 0 Å². The van der Waals surface area contributed by atoms with Gasteiger partial charge in [0, 0.05) is 6.42 Å². The van der Waals surface area contributed by atoms with Crippen LogP contribution < -0.4 is 4.74 Å². The van der Waals surface area contributed by atoms with Crippen molar-refractivity contribution in [2.45, 2.75) is 23.0 Å². The van der Waals surface area contributed by atoms with Crippen LogP contribution in [0.5, 0.6) is 5.75 Å². The van der Waals surface area contributed by atoms with Crippen molar-refractivity contribution in [3.8, 4) is 5.75 Å². The van der Waals surface area contributed by atoms with Crippen molar-refractivity contribution in [1.82, 2.24) is 0 Å². The van der Waals surface area contributed by atoms with E-state index in [0.29, 0.717) is 0 Å². The molecular formula is C19H20O2S2. The summed E-state index contributed by atoms with van der Waals surface area (Å²) in [6.07, 6.45) is 1.62. The average Bonchev–Trinajstić information content (AvgIpc) is 3.10. The Hall–Kier alpha value is -1.10. The number of aliphatic hydroxyl groups excluding tert-OH is 1. The highest BCUT2D eigenvalue weighted by molar-refractivity contribution is 8.18. The van der Waals surface area contributed by atoms with Gasteiger partial charge in [0.2, 0.25) is 0 Å². The van der Waals surface area contributed by atoms with Crippen molar-refractivity contribution in [3.05, 3.63) is 65.2 Å². The van der Waals surface area contributed by atoms with Crippen LogP contribution in [0.3, 0.4) is 0 Å². The fraction of sp³-hybridized carbons (Fsp3) is 0.368. The molecule has 0 aromatic heterocycles. The van der Waals surface area contributed by atoms with E-state index in [1.165, 1.54) is 17.5 Å². The number of hydrogen-bond acceptors (Lipinski definition) is 4. The van der Waals surface area contributed by atoms with Gasteiger partial charge in [-0.2, -0.15) is 0 Å². The number of ether oxygens (including phenoxy) is 1. The molecule has 2 aromatic rings. The highest BCUT2D eigenvalue weighted by Gasteiger charge is 2.43. The van der Waals surface area contributed by atoms with E-state index in [-0.39, 0.29) is 4.08 Å². The Morgan fingerprint density at radius 2 is 1.83 bits per heavy atom. The van der Waals surface area contributed by atoms with Gasteiger partial charge in [0.1, 0.15) is 15.9 Å². The first-order chi connectivity index (χ1) is 11.3. The van der Waals surface area contributed by atoms with E-state index in [2.05, 4.69) is 30.3 Å². The van der Waals surface area contributed by atoms with Gasteiger partial charge in [0.15, 0.2) is 0 Å². The molecule has 0 radical (unpaired) electrons. The summed E-state index contributed by atoms with van der Waals surface area (Å²) in [5.74, 6) is 3.15. The van der Waals surface area contributed by atoms with E-state index >= 15 is 0 Å². The van der Waals surface area contributed by atoms with Gasteiger partial charge in [-0.1, -0.05) is 36.4 Å². The molecule has 1 saturated heterocycles. The number of aliphatic hydroxyl groups is 1.